The summed E-state index contributed by atoms with van der Waals surface area (Å²) >= 11 is 0. The van der Waals surface area contributed by atoms with Crippen LogP contribution in [-0.2, 0) is 4.79 Å². The van der Waals surface area contributed by atoms with Crippen LogP contribution in [0.25, 0.3) is 16.9 Å². The van der Waals surface area contributed by atoms with E-state index in [1.54, 1.807) is 13.0 Å². The zero-order valence-corrected chi connectivity index (χ0v) is 20.6. The van der Waals surface area contributed by atoms with Crippen molar-refractivity contribution in [2.45, 2.75) is 26.7 Å². The number of hydrogen-bond acceptors (Lipinski definition) is 3. The Bertz CT molecular complexity index is 1350. The smallest absolute Gasteiger partial charge is 0.257 e. The number of hydrogen-bond donors (Lipinski definition) is 1. The molecule has 4 aromatic rings. The maximum atomic E-state index is 14.1. The maximum absolute atomic E-state index is 14.1. The van der Waals surface area contributed by atoms with Crippen LogP contribution in [0.3, 0.4) is 0 Å². The summed E-state index contributed by atoms with van der Waals surface area (Å²) in [7, 11) is 0. The minimum Gasteiger partial charge on any atom is -0.330 e. The van der Waals surface area contributed by atoms with Crippen LogP contribution >= 0.6 is 0 Å². The molecule has 36 heavy (non-hydrogen) atoms. The van der Waals surface area contributed by atoms with Gasteiger partial charge in [0.2, 0.25) is 11.9 Å². The third kappa shape index (κ3) is 5.51. The number of benzene rings is 3. The van der Waals surface area contributed by atoms with Gasteiger partial charge in [-0.25, -0.2) is 9.37 Å². The van der Waals surface area contributed by atoms with E-state index >= 15 is 0 Å². The molecule has 1 aromatic heterocycles. The van der Waals surface area contributed by atoms with Gasteiger partial charge < -0.3 is 4.90 Å². The number of halogens is 1. The molecule has 0 atom stereocenters. The van der Waals surface area contributed by atoms with Crippen LogP contribution in [0.2, 0.25) is 0 Å². The molecule has 0 aliphatic rings. The second-order valence-electron chi connectivity index (χ2n) is 8.78. The zero-order valence-electron chi connectivity index (χ0n) is 20.6. The first-order chi connectivity index (χ1) is 17.4. The lowest BCUT2D eigenvalue weighted by atomic mass is 10.0. The summed E-state index contributed by atoms with van der Waals surface area (Å²) in [4.78, 5) is 31.8. The molecule has 0 fully saturated rings. The van der Waals surface area contributed by atoms with Crippen molar-refractivity contribution >= 4 is 17.8 Å². The van der Waals surface area contributed by atoms with Crippen molar-refractivity contribution < 1.29 is 14.0 Å². The van der Waals surface area contributed by atoms with Crippen molar-refractivity contribution in [1.29, 1.82) is 0 Å². The van der Waals surface area contributed by atoms with Crippen molar-refractivity contribution in [2.75, 3.05) is 18.4 Å². The van der Waals surface area contributed by atoms with E-state index in [0.29, 0.717) is 17.6 Å². The minimum atomic E-state index is -0.616. The molecule has 0 unspecified atom stereocenters. The van der Waals surface area contributed by atoms with E-state index in [1.165, 1.54) is 28.7 Å². The van der Waals surface area contributed by atoms with Crippen LogP contribution < -0.4 is 5.32 Å². The summed E-state index contributed by atoms with van der Waals surface area (Å²) < 4.78 is 16.0. The van der Waals surface area contributed by atoms with Crippen molar-refractivity contribution in [3.8, 4) is 16.9 Å². The number of amides is 2. The van der Waals surface area contributed by atoms with Crippen LogP contribution in [0, 0.1) is 5.82 Å². The molecular weight excluding hydrogens is 455 g/mol. The van der Waals surface area contributed by atoms with Gasteiger partial charge in [-0.2, -0.15) is 0 Å². The van der Waals surface area contributed by atoms with E-state index in [9.17, 15) is 14.0 Å². The van der Waals surface area contributed by atoms with Crippen LogP contribution in [-0.4, -0.2) is 39.4 Å². The lowest BCUT2D eigenvalue weighted by molar-refractivity contribution is -0.116. The number of carbonyl (C=O) groups excluding carboxylic acids is 2. The largest absolute Gasteiger partial charge is 0.330 e. The standard InChI is InChI=1S/C29H29FN4O2/c1-4-33(28(36)24-12-8-9-13-25(24)30)19-27(35)32-29-31-26(22-10-6-5-7-11-22)18-34(29)23-16-14-21(15-17-23)20(2)3/h5-18,20H,4,19H2,1-3H3,(H,31,32,35). The lowest BCUT2D eigenvalue weighted by Crippen LogP contribution is -2.38. The summed E-state index contributed by atoms with van der Waals surface area (Å²) in [6.45, 7) is 6.03. The molecule has 0 saturated heterocycles. The fraction of sp³-hybridized carbons (Fsp3) is 0.207. The summed E-state index contributed by atoms with van der Waals surface area (Å²) in [5, 5.41) is 2.85. The first kappa shape index (κ1) is 24.9. The van der Waals surface area contributed by atoms with E-state index in [4.69, 9.17) is 0 Å². The van der Waals surface area contributed by atoms with E-state index in [0.717, 1.165) is 11.3 Å². The molecule has 0 bridgehead atoms. The molecule has 0 radical (unpaired) electrons. The molecule has 0 aliphatic heterocycles. The quantitative estimate of drug-likeness (QED) is 0.338. The summed E-state index contributed by atoms with van der Waals surface area (Å²) in [5.41, 5.74) is 3.60. The molecule has 2 amide bonds. The van der Waals surface area contributed by atoms with E-state index < -0.39 is 17.6 Å². The van der Waals surface area contributed by atoms with Gasteiger partial charge in [-0.05, 0) is 42.7 Å². The average molecular weight is 485 g/mol. The fourth-order valence-electron chi connectivity index (χ4n) is 3.90. The van der Waals surface area contributed by atoms with Gasteiger partial charge in [-0.1, -0.05) is 68.4 Å². The third-order valence-corrected chi connectivity index (χ3v) is 5.97. The molecular formula is C29H29FN4O2. The van der Waals surface area contributed by atoms with E-state index in [-0.39, 0.29) is 18.7 Å². The molecule has 4 rings (SSSR count). The Morgan fingerprint density at radius 1 is 0.972 bits per heavy atom. The Labute approximate surface area is 210 Å². The summed E-state index contributed by atoms with van der Waals surface area (Å²) in [6.07, 6.45) is 1.87. The van der Waals surface area contributed by atoms with Gasteiger partial charge in [0.1, 0.15) is 12.4 Å². The van der Waals surface area contributed by atoms with Gasteiger partial charge >= 0.3 is 0 Å². The Morgan fingerprint density at radius 3 is 2.28 bits per heavy atom. The molecule has 3 aromatic carbocycles. The van der Waals surface area contributed by atoms with Gasteiger partial charge in [-0.15, -0.1) is 0 Å². The molecule has 0 aliphatic carbocycles. The topological polar surface area (TPSA) is 67.2 Å². The second-order valence-corrected chi connectivity index (χ2v) is 8.78. The van der Waals surface area contributed by atoms with Crippen molar-refractivity contribution in [1.82, 2.24) is 14.5 Å². The number of nitrogens with one attached hydrogen (secondary N) is 1. The molecule has 0 saturated carbocycles. The van der Waals surface area contributed by atoms with E-state index in [2.05, 4.69) is 36.3 Å². The number of rotatable bonds is 8. The predicted molar refractivity (Wildman–Crippen MR) is 140 cm³/mol. The molecule has 1 N–H and O–H groups in total. The van der Waals surface area contributed by atoms with Gasteiger partial charge in [0, 0.05) is 24.0 Å². The molecule has 6 nitrogen and oxygen atoms in total. The highest BCUT2D eigenvalue weighted by molar-refractivity contribution is 5.99. The Kier molecular flexibility index (Phi) is 7.59. The predicted octanol–water partition coefficient (Wildman–Crippen LogP) is 5.90. The Balaban J connectivity index is 1.61. The number of aromatic nitrogens is 2. The monoisotopic (exact) mass is 484 g/mol. The lowest BCUT2D eigenvalue weighted by Gasteiger charge is -2.20. The minimum absolute atomic E-state index is 0.0646. The van der Waals surface area contributed by atoms with Crippen molar-refractivity contribution in [3.63, 3.8) is 0 Å². The highest BCUT2D eigenvalue weighted by atomic mass is 19.1. The Morgan fingerprint density at radius 2 is 1.64 bits per heavy atom. The van der Waals surface area contributed by atoms with E-state index in [1.807, 2.05) is 53.2 Å². The highest BCUT2D eigenvalue weighted by Gasteiger charge is 2.21. The molecule has 7 heteroatoms. The second kappa shape index (κ2) is 11.0. The summed E-state index contributed by atoms with van der Waals surface area (Å²) in [6, 6.07) is 23.5. The van der Waals surface area contributed by atoms with Gasteiger partial charge in [0.25, 0.3) is 5.91 Å². The number of anilines is 1. The molecule has 1 heterocycles. The number of carbonyl (C=O) groups is 2. The first-order valence-electron chi connectivity index (χ1n) is 12.0. The number of imidazole rings is 1. The number of likely N-dealkylation sites (N-methyl/N-ethyl adjacent to an activating group) is 1. The van der Waals surface area contributed by atoms with Gasteiger partial charge in [0.05, 0.1) is 11.3 Å². The first-order valence-corrected chi connectivity index (χ1v) is 12.0. The zero-order chi connectivity index (χ0) is 25.7. The van der Waals surface area contributed by atoms with Gasteiger partial charge in [-0.3, -0.25) is 19.5 Å². The van der Waals surface area contributed by atoms with Crippen LogP contribution in [0.1, 0.15) is 42.6 Å². The van der Waals surface area contributed by atoms with Crippen LogP contribution in [0.4, 0.5) is 10.3 Å². The summed E-state index contributed by atoms with van der Waals surface area (Å²) in [5.74, 6) is -0.845. The highest BCUT2D eigenvalue weighted by Crippen LogP contribution is 2.25. The average Bonchev–Trinajstić information content (AvgIpc) is 3.31. The normalized spacial score (nSPS) is 10.9. The number of nitrogens with zero attached hydrogens (tertiary/aromatic N) is 3. The molecule has 0 spiro atoms. The molecule has 184 valence electrons. The fourth-order valence-corrected chi connectivity index (χ4v) is 3.90. The maximum Gasteiger partial charge on any atom is 0.257 e. The van der Waals surface area contributed by atoms with Crippen molar-refractivity contribution in [2.24, 2.45) is 0 Å². The Hall–Kier alpha value is -4.26. The van der Waals surface area contributed by atoms with Crippen LogP contribution in [0.15, 0.2) is 85.1 Å². The third-order valence-electron chi connectivity index (χ3n) is 5.97. The van der Waals surface area contributed by atoms with Crippen LogP contribution in [0.5, 0.6) is 0 Å². The van der Waals surface area contributed by atoms with Crippen molar-refractivity contribution in [3.05, 3.63) is 102 Å². The van der Waals surface area contributed by atoms with Gasteiger partial charge in [0.15, 0.2) is 0 Å². The SMILES string of the molecule is CCN(CC(=O)Nc1nc(-c2ccccc2)cn1-c1ccc(C(C)C)cc1)C(=O)c1ccccc1F.